The summed E-state index contributed by atoms with van der Waals surface area (Å²) in [7, 11) is 1.58. The van der Waals surface area contributed by atoms with E-state index in [1.54, 1.807) is 13.1 Å². The number of hydrogen-bond donors (Lipinski definition) is 2. The molecule has 0 atom stereocenters. The molecule has 0 radical (unpaired) electrons. The minimum absolute atomic E-state index is 0.192. The van der Waals surface area contributed by atoms with Crippen molar-refractivity contribution in [2.24, 2.45) is 0 Å². The number of nitrogens with one attached hydrogen (secondary N) is 1. The maximum Gasteiger partial charge on any atom is 0.254 e. The Morgan fingerprint density at radius 1 is 1.50 bits per heavy atom. The lowest BCUT2D eigenvalue weighted by Gasteiger charge is -2.04. The quantitative estimate of drug-likeness (QED) is 0.707. The fourth-order valence-electron chi connectivity index (χ4n) is 2.38. The third-order valence-electron chi connectivity index (χ3n) is 3.15. The smallest absolute Gasteiger partial charge is 0.254 e. The van der Waals surface area contributed by atoms with Crippen molar-refractivity contribution in [1.29, 1.82) is 0 Å². The van der Waals surface area contributed by atoms with Crippen LogP contribution in [0.25, 0.3) is 11.1 Å². The van der Waals surface area contributed by atoms with Gasteiger partial charge in [0.1, 0.15) is 5.82 Å². The average molecular weight is 262 g/mol. The predicted molar refractivity (Wildman–Crippen MR) is 70.3 cm³/mol. The molecule has 5 heteroatoms. The summed E-state index contributed by atoms with van der Waals surface area (Å²) in [6.07, 6.45) is 0.647. The highest BCUT2D eigenvalue weighted by atomic mass is 32.1. The zero-order chi connectivity index (χ0) is 12.9. The summed E-state index contributed by atoms with van der Waals surface area (Å²) in [6.45, 7) is 0. The lowest BCUT2D eigenvalue weighted by molar-refractivity contribution is 0.0965. The molecule has 0 aliphatic heterocycles. The molecule has 1 heterocycles. The van der Waals surface area contributed by atoms with E-state index in [1.165, 1.54) is 23.5 Å². The van der Waals surface area contributed by atoms with Crippen LogP contribution in [-0.2, 0) is 6.42 Å². The second-order valence-electron chi connectivity index (χ2n) is 4.20. The second-order valence-corrected chi connectivity index (χ2v) is 5.33. The van der Waals surface area contributed by atoms with Crippen LogP contribution in [0.5, 0.6) is 0 Å². The van der Waals surface area contributed by atoms with Gasteiger partial charge in [0.15, 0.2) is 0 Å². The highest BCUT2D eigenvalue weighted by Gasteiger charge is 2.29. The SMILES string of the molecule is CNC(=O)c1c(N)sc2c1-c1ccc(F)cc1C2. The third-order valence-corrected chi connectivity index (χ3v) is 4.17. The zero-order valence-corrected chi connectivity index (χ0v) is 10.5. The van der Waals surface area contributed by atoms with Gasteiger partial charge in [-0.05, 0) is 23.3 Å². The molecular weight excluding hydrogens is 251 g/mol. The number of carbonyl (C=O) groups excluding carboxylic acids is 1. The van der Waals surface area contributed by atoms with Crippen LogP contribution in [0.15, 0.2) is 18.2 Å². The summed E-state index contributed by atoms with van der Waals surface area (Å²) in [6, 6.07) is 4.65. The molecule has 1 aromatic carbocycles. The third kappa shape index (κ3) is 1.44. The van der Waals surface area contributed by atoms with Gasteiger partial charge in [-0.2, -0.15) is 0 Å². The summed E-state index contributed by atoms with van der Waals surface area (Å²) >= 11 is 1.40. The lowest BCUT2D eigenvalue weighted by atomic mass is 10.0. The van der Waals surface area contributed by atoms with E-state index in [-0.39, 0.29) is 11.7 Å². The molecule has 1 amide bonds. The molecule has 2 aromatic rings. The highest BCUT2D eigenvalue weighted by Crippen LogP contribution is 2.46. The van der Waals surface area contributed by atoms with E-state index in [0.29, 0.717) is 17.0 Å². The summed E-state index contributed by atoms with van der Waals surface area (Å²) < 4.78 is 13.2. The van der Waals surface area contributed by atoms with Crippen LogP contribution < -0.4 is 11.1 Å². The van der Waals surface area contributed by atoms with Crippen LogP contribution in [-0.4, -0.2) is 13.0 Å². The molecule has 1 aromatic heterocycles. The molecule has 3 rings (SSSR count). The van der Waals surface area contributed by atoms with Crippen molar-refractivity contribution in [3.63, 3.8) is 0 Å². The van der Waals surface area contributed by atoms with Gasteiger partial charge in [0.05, 0.1) is 10.6 Å². The average Bonchev–Trinajstić information content (AvgIpc) is 2.81. The molecule has 1 aliphatic carbocycles. The van der Waals surface area contributed by atoms with Crippen molar-refractivity contribution in [3.8, 4) is 11.1 Å². The van der Waals surface area contributed by atoms with E-state index in [2.05, 4.69) is 5.32 Å². The van der Waals surface area contributed by atoms with Gasteiger partial charge in [-0.3, -0.25) is 4.79 Å². The normalized spacial score (nSPS) is 12.1. The zero-order valence-electron chi connectivity index (χ0n) is 9.71. The van der Waals surface area contributed by atoms with Crippen LogP contribution in [0, 0.1) is 5.82 Å². The highest BCUT2D eigenvalue weighted by molar-refractivity contribution is 7.17. The number of amides is 1. The van der Waals surface area contributed by atoms with Crippen molar-refractivity contribution in [1.82, 2.24) is 5.32 Å². The van der Waals surface area contributed by atoms with Gasteiger partial charge in [0.2, 0.25) is 0 Å². The molecule has 0 bridgehead atoms. The van der Waals surface area contributed by atoms with Gasteiger partial charge in [0.25, 0.3) is 5.91 Å². The van der Waals surface area contributed by atoms with E-state index in [0.717, 1.165) is 21.6 Å². The molecule has 18 heavy (non-hydrogen) atoms. The Morgan fingerprint density at radius 2 is 2.28 bits per heavy atom. The number of benzene rings is 1. The number of anilines is 1. The van der Waals surface area contributed by atoms with E-state index < -0.39 is 0 Å². The fraction of sp³-hybridized carbons (Fsp3) is 0.154. The molecule has 0 saturated heterocycles. The first-order valence-electron chi connectivity index (χ1n) is 5.54. The summed E-state index contributed by atoms with van der Waals surface area (Å²) in [5.74, 6) is -0.444. The number of rotatable bonds is 1. The first-order chi connectivity index (χ1) is 8.61. The molecular formula is C13H11FN2OS. The number of nitrogen functional groups attached to an aromatic ring is 1. The summed E-state index contributed by atoms with van der Waals surface area (Å²) in [5, 5.41) is 3.12. The first kappa shape index (κ1) is 11.2. The van der Waals surface area contributed by atoms with Gasteiger partial charge < -0.3 is 11.1 Å². The minimum atomic E-state index is -0.252. The number of nitrogens with two attached hydrogens (primary N) is 1. The van der Waals surface area contributed by atoms with Crippen LogP contribution in [0.3, 0.4) is 0 Å². The Labute approximate surface area is 107 Å². The molecule has 0 spiro atoms. The van der Waals surface area contributed by atoms with Gasteiger partial charge in [-0.25, -0.2) is 4.39 Å². The Hall–Kier alpha value is -1.88. The van der Waals surface area contributed by atoms with Crippen molar-refractivity contribution in [2.45, 2.75) is 6.42 Å². The molecule has 1 aliphatic rings. The monoisotopic (exact) mass is 262 g/mol. The Bertz CT molecular complexity index is 663. The second kappa shape index (κ2) is 3.81. The van der Waals surface area contributed by atoms with Crippen LogP contribution >= 0.6 is 11.3 Å². The fourth-order valence-corrected chi connectivity index (χ4v) is 3.49. The lowest BCUT2D eigenvalue weighted by Crippen LogP contribution is -2.19. The number of halogens is 1. The molecule has 0 unspecified atom stereocenters. The molecule has 0 saturated carbocycles. The van der Waals surface area contributed by atoms with Crippen molar-refractivity contribution in [2.75, 3.05) is 12.8 Å². The van der Waals surface area contributed by atoms with E-state index >= 15 is 0 Å². The topological polar surface area (TPSA) is 55.1 Å². The van der Waals surface area contributed by atoms with E-state index in [1.807, 2.05) is 0 Å². The standard InChI is InChI=1S/C13H11FN2OS/c1-16-13(17)11-10-8-3-2-7(14)4-6(8)5-9(10)18-12(11)15/h2-4H,5,15H2,1H3,(H,16,17). The number of hydrogen-bond acceptors (Lipinski definition) is 3. The van der Waals surface area contributed by atoms with Gasteiger partial charge in [0, 0.05) is 23.9 Å². The molecule has 3 N–H and O–H groups in total. The predicted octanol–water partition coefficient (Wildman–Crippen LogP) is 2.40. The number of thiophene rings is 1. The maximum absolute atomic E-state index is 13.2. The molecule has 92 valence electrons. The van der Waals surface area contributed by atoms with Crippen molar-refractivity contribution < 1.29 is 9.18 Å². The Morgan fingerprint density at radius 3 is 3.00 bits per heavy atom. The number of carbonyl (C=O) groups is 1. The minimum Gasteiger partial charge on any atom is -0.390 e. The van der Waals surface area contributed by atoms with Gasteiger partial charge in [-0.15, -0.1) is 11.3 Å². The largest absolute Gasteiger partial charge is 0.390 e. The van der Waals surface area contributed by atoms with Gasteiger partial charge >= 0.3 is 0 Å². The maximum atomic E-state index is 13.2. The molecule has 0 fully saturated rings. The van der Waals surface area contributed by atoms with Crippen molar-refractivity contribution >= 4 is 22.2 Å². The van der Waals surface area contributed by atoms with Crippen LogP contribution in [0.4, 0.5) is 9.39 Å². The van der Waals surface area contributed by atoms with Gasteiger partial charge in [-0.1, -0.05) is 6.07 Å². The molecule has 3 nitrogen and oxygen atoms in total. The first-order valence-corrected chi connectivity index (χ1v) is 6.35. The Balaban J connectivity index is 2.25. The van der Waals surface area contributed by atoms with E-state index in [9.17, 15) is 9.18 Å². The summed E-state index contributed by atoms with van der Waals surface area (Å²) in [4.78, 5) is 12.9. The van der Waals surface area contributed by atoms with E-state index in [4.69, 9.17) is 5.73 Å². The summed E-state index contributed by atoms with van der Waals surface area (Å²) in [5.41, 5.74) is 9.12. The number of fused-ring (bicyclic) bond motifs is 3. The van der Waals surface area contributed by atoms with Crippen LogP contribution in [0.2, 0.25) is 0 Å². The Kier molecular flexibility index (Phi) is 2.38. The van der Waals surface area contributed by atoms with Crippen molar-refractivity contribution in [3.05, 3.63) is 40.0 Å². The van der Waals surface area contributed by atoms with Crippen LogP contribution in [0.1, 0.15) is 20.8 Å².